The molecule has 0 aliphatic carbocycles. The molecule has 1 heterocycles. The van der Waals surface area contributed by atoms with Gasteiger partial charge in [-0.2, -0.15) is 23.5 Å². The van der Waals surface area contributed by atoms with E-state index in [1.165, 1.54) is 6.07 Å². The maximum absolute atomic E-state index is 12.5. The van der Waals surface area contributed by atoms with Crippen LogP contribution in [0.4, 0.5) is 19.0 Å². The van der Waals surface area contributed by atoms with Crippen LogP contribution in [0.2, 0.25) is 0 Å². The van der Waals surface area contributed by atoms with Crippen molar-refractivity contribution in [2.45, 2.75) is 6.18 Å². The molecule has 0 unspecified atom stereocenters. The van der Waals surface area contributed by atoms with Crippen LogP contribution in [-0.4, -0.2) is 10.2 Å². The number of halogens is 4. The number of nitrogen functional groups attached to an aromatic ring is 1. The van der Waals surface area contributed by atoms with Crippen molar-refractivity contribution in [3.8, 4) is 17.3 Å². The van der Waals surface area contributed by atoms with Crippen molar-refractivity contribution < 1.29 is 13.2 Å². The summed E-state index contributed by atoms with van der Waals surface area (Å²) >= 11 is 3.05. The van der Waals surface area contributed by atoms with E-state index in [9.17, 15) is 13.2 Å². The Labute approximate surface area is 114 Å². The van der Waals surface area contributed by atoms with Crippen LogP contribution in [0.3, 0.4) is 0 Å². The van der Waals surface area contributed by atoms with E-state index >= 15 is 0 Å². The summed E-state index contributed by atoms with van der Waals surface area (Å²) in [5.74, 6) is 0.00398. The molecule has 0 saturated carbocycles. The standard InChI is InChI=1S/C11H6BrF3N4/c12-8-3-5(11(13,14)15)1-2-6(8)9-7(4-16)10(17)19-18-9/h1-3H,(H3,17,18,19). The Morgan fingerprint density at radius 2 is 2.05 bits per heavy atom. The molecule has 3 N–H and O–H groups in total. The van der Waals surface area contributed by atoms with Gasteiger partial charge in [0.1, 0.15) is 11.6 Å². The van der Waals surface area contributed by atoms with Gasteiger partial charge in [-0.1, -0.05) is 22.0 Å². The third kappa shape index (κ3) is 2.42. The number of benzene rings is 1. The van der Waals surface area contributed by atoms with Gasteiger partial charge in [0.05, 0.1) is 11.3 Å². The molecule has 0 aliphatic rings. The smallest absolute Gasteiger partial charge is 0.381 e. The largest absolute Gasteiger partial charge is 0.416 e. The summed E-state index contributed by atoms with van der Waals surface area (Å²) in [6.07, 6.45) is -4.42. The van der Waals surface area contributed by atoms with Gasteiger partial charge in [-0.05, 0) is 12.1 Å². The lowest BCUT2D eigenvalue weighted by molar-refractivity contribution is -0.137. The van der Waals surface area contributed by atoms with E-state index < -0.39 is 11.7 Å². The fraction of sp³-hybridized carbons (Fsp3) is 0.0909. The number of aromatic amines is 1. The molecule has 2 rings (SSSR count). The Morgan fingerprint density at radius 1 is 1.37 bits per heavy atom. The highest BCUT2D eigenvalue weighted by Crippen LogP contribution is 2.36. The normalized spacial score (nSPS) is 11.3. The Balaban J connectivity index is 2.56. The Hall–Kier alpha value is -2.01. The Bertz CT molecular complexity index is 670. The number of rotatable bonds is 1. The van der Waals surface area contributed by atoms with Crippen molar-refractivity contribution in [3.63, 3.8) is 0 Å². The summed E-state index contributed by atoms with van der Waals surface area (Å²) in [6.45, 7) is 0. The van der Waals surface area contributed by atoms with E-state index in [-0.39, 0.29) is 21.5 Å². The van der Waals surface area contributed by atoms with E-state index in [1.807, 2.05) is 6.07 Å². The summed E-state index contributed by atoms with van der Waals surface area (Å²) in [5, 5.41) is 15.1. The highest BCUT2D eigenvalue weighted by Gasteiger charge is 2.31. The first-order valence-electron chi connectivity index (χ1n) is 4.95. The average Bonchev–Trinajstić information content (AvgIpc) is 2.69. The zero-order valence-corrected chi connectivity index (χ0v) is 10.8. The number of nitrogens with two attached hydrogens (primary N) is 1. The molecule has 19 heavy (non-hydrogen) atoms. The number of anilines is 1. The lowest BCUT2D eigenvalue weighted by Crippen LogP contribution is -2.04. The van der Waals surface area contributed by atoms with Crippen LogP contribution < -0.4 is 5.73 Å². The van der Waals surface area contributed by atoms with Crippen molar-refractivity contribution in [2.24, 2.45) is 0 Å². The minimum Gasteiger partial charge on any atom is -0.381 e. The molecule has 98 valence electrons. The third-order valence-electron chi connectivity index (χ3n) is 2.47. The van der Waals surface area contributed by atoms with Gasteiger partial charge in [0, 0.05) is 10.0 Å². The van der Waals surface area contributed by atoms with Gasteiger partial charge >= 0.3 is 6.18 Å². The van der Waals surface area contributed by atoms with E-state index in [4.69, 9.17) is 11.0 Å². The van der Waals surface area contributed by atoms with Crippen molar-refractivity contribution >= 4 is 21.7 Å². The van der Waals surface area contributed by atoms with Gasteiger partial charge in [-0.3, -0.25) is 5.10 Å². The predicted octanol–water partition coefficient (Wildman–Crippen LogP) is 3.31. The number of nitriles is 1. The van der Waals surface area contributed by atoms with Crippen LogP contribution in [-0.2, 0) is 6.18 Å². The van der Waals surface area contributed by atoms with E-state index in [2.05, 4.69) is 26.1 Å². The molecule has 0 amide bonds. The molecular formula is C11H6BrF3N4. The topological polar surface area (TPSA) is 78.5 Å². The maximum atomic E-state index is 12.5. The number of nitrogens with one attached hydrogen (secondary N) is 1. The molecule has 0 spiro atoms. The molecule has 1 aromatic carbocycles. The monoisotopic (exact) mass is 330 g/mol. The number of aromatic nitrogens is 2. The summed E-state index contributed by atoms with van der Waals surface area (Å²) in [5.41, 5.74) is 5.45. The number of alkyl halides is 3. The molecule has 8 heteroatoms. The fourth-order valence-electron chi connectivity index (χ4n) is 1.56. The number of nitrogens with zero attached hydrogens (tertiary/aromatic N) is 2. The van der Waals surface area contributed by atoms with Gasteiger partial charge in [0.25, 0.3) is 0 Å². The molecule has 0 radical (unpaired) electrons. The third-order valence-corrected chi connectivity index (χ3v) is 3.13. The zero-order chi connectivity index (χ0) is 14.2. The number of H-pyrrole nitrogens is 1. The van der Waals surface area contributed by atoms with Crippen LogP contribution in [0.25, 0.3) is 11.3 Å². The highest BCUT2D eigenvalue weighted by molar-refractivity contribution is 9.10. The maximum Gasteiger partial charge on any atom is 0.416 e. The molecule has 0 aliphatic heterocycles. The average molecular weight is 331 g/mol. The van der Waals surface area contributed by atoms with Gasteiger partial charge in [-0.25, -0.2) is 0 Å². The van der Waals surface area contributed by atoms with Crippen LogP contribution in [0.15, 0.2) is 22.7 Å². The van der Waals surface area contributed by atoms with Crippen LogP contribution in [0, 0.1) is 11.3 Å². The van der Waals surface area contributed by atoms with Crippen molar-refractivity contribution in [1.82, 2.24) is 10.2 Å². The van der Waals surface area contributed by atoms with Crippen molar-refractivity contribution in [1.29, 1.82) is 5.26 Å². The molecule has 4 nitrogen and oxygen atoms in total. The second-order valence-electron chi connectivity index (χ2n) is 3.66. The van der Waals surface area contributed by atoms with Gasteiger partial charge in [0.2, 0.25) is 0 Å². The van der Waals surface area contributed by atoms with Crippen LogP contribution in [0.1, 0.15) is 11.1 Å². The predicted molar refractivity (Wildman–Crippen MR) is 65.9 cm³/mol. The van der Waals surface area contributed by atoms with Crippen LogP contribution in [0.5, 0.6) is 0 Å². The second kappa shape index (κ2) is 4.59. The first-order valence-corrected chi connectivity index (χ1v) is 5.75. The summed E-state index contributed by atoms with van der Waals surface area (Å²) in [4.78, 5) is 0. The molecule has 0 atom stereocenters. The minimum absolute atomic E-state index is 0.00398. The summed E-state index contributed by atoms with van der Waals surface area (Å²) in [7, 11) is 0. The first-order chi connectivity index (χ1) is 8.84. The molecular weight excluding hydrogens is 325 g/mol. The molecule has 0 fully saturated rings. The SMILES string of the molecule is N#Cc1c(N)n[nH]c1-c1ccc(C(F)(F)F)cc1Br. The van der Waals surface area contributed by atoms with Gasteiger partial charge in [-0.15, -0.1) is 0 Å². The lowest BCUT2D eigenvalue weighted by Gasteiger charge is -2.09. The summed E-state index contributed by atoms with van der Waals surface area (Å²) < 4.78 is 37.8. The lowest BCUT2D eigenvalue weighted by atomic mass is 10.1. The quantitative estimate of drug-likeness (QED) is 0.841. The van der Waals surface area contributed by atoms with Gasteiger partial charge in [0.15, 0.2) is 5.82 Å². The zero-order valence-electron chi connectivity index (χ0n) is 9.22. The second-order valence-corrected chi connectivity index (χ2v) is 4.52. The van der Waals surface area contributed by atoms with Gasteiger partial charge < -0.3 is 5.73 Å². The molecule has 1 aromatic heterocycles. The van der Waals surface area contributed by atoms with Crippen molar-refractivity contribution in [3.05, 3.63) is 33.8 Å². The minimum atomic E-state index is -4.42. The molecule has 0 bridgehead atoms. The Morgan fingerprint density at radius 3 is 2.58 bits per heavy atom. The number of hydrogen-bond donors (Lipinski definition) is 2. The first kappa shape index (κ1) is 13.4. The van der Waals surface area contributed by atoms with E-state index in [0.29, 0.717) is 5.56 Å². The fourth-order valence-corrected chi connectivity index (χ4v) is 2.14. The van der Waals surface area contributed by atoms with E-state index in [0.717, 1.165) is 12.1 Å². The number of hydrogen-bond acceptors (Lipinski definition) is 3. The summed E-state index contributed by atoms with van der Waals surface area (Å²) in [6, 6.07) is 4.97. The molecule has 0 saturated heterocycles. The highest BCUT2D eigenvalue weighted by atomic mass is 79.9. The van der Waals surface area contributed by atoms with Crippen LogP contribution >= 0.6 is 15.9 Å². The Kier molecular flexibility index (Phi) is 3.24. The van der Waals surface area contributed by atoms with E-state index in [1.54, 1.807) is 0 Å². The molecule has 2 aromatic rings. The van der Waals surface area contributed by atoms with Crippen molar-refractivity contribution in [2.75, 3.05) is 5.73 Å².